The fourth-order valence-corrected chi connectivity index (χ4v) is 2.21. The minimum Gasteiger partial charge on any atom is -0.481 e. The maximum atomic E-state index is 12.5. The quantitative estimate of drug-likeness (QED) is 0.855. The van der Waals surface area contributed by atoms with Gasteiger partial charge in [-0.2, -0.15) is 0 Å². The molecule has 0 aliphatic rings. The van der Waals surface area contributed by atoms with Crippen LogP contribution in [-0.4, -0.2) is 28.4 Å². The first kappa shape index (κ1) is 15.8. The number of benzene rings is 2. The lowest BCUT2D eigenvalue weighted by atomic mass is 10.1. The Morgan fingerprint density at radius 3 is 1.95 bits per heavy atom. The Morgan fingerprint density at radius 1 is 0.864 bits per heavy atom. The highest BCUT2D eigenvalue weighted by atomic mass is 16.4. The molecule has 0 saturated heterocycles. The minimum atomic E-state index is -0.898. The number of rotatable bonds is 7. The van der Waals surface area contributed by atoms with Crippen LogP contribution in [0.5, 0.6) is 0 Å². The summed E-state index contributed by atoms with van der Waals surface area (Å²) in [6.07, 6.45) is 0.237. The fraction of sp³-hybridized carbons (Fsp3) is 0.222. The van der Waals surface area contributed by atoms with Gasteiger partial charge in [-0.25, -0.2) is 0 Å². The number of carbonyl (C=O) groups is 2. The third-order valence-electron chi connectivity index (χ3n) is 3.36. The lowest BCUT2D eigenvalue weighted by molar-refractivity contribution is -0.138. The van der Waals surface area contributed by atoms with Gasteiger partial charge in [0, 0.05) is 13.1 Å². The smallest absolute Gasteiger partial charge is 0.305 e. The highest BCUT2D eigenvalue weighted by Crippen LogP contribution is 2.09. The minimum absolute atomic E-state index is 0.0483. The third kappa shape index (κ3) is 5.05. The average Bonchev–Trinajstić information content (AvgIpc) is 2.53. The Kier molecular flexibility index (Phi) is 5.72. The van der Waals surface area contributed by atoms with E-state index in [9.17, 15) is 9.59 Å². The Labute approximate surface area is 130 Å². The lowest BCUT2D eigenvalue weighted by Crippen LogP contribution is -2.33. The molecule has 0 aromatic heterocycles. The van der Waals surface area contributed by atoms with E-state index in [1.807, 2.05) is 60.7 Å². The van der Waals surface area contributed by atoms with Crippen LogP contribution in [0.3, 0.4) is 0 Å². The summed E-state index contributed by atoms with van der Waals surface area (Å²) in [5.74, 6) is -0.957. The molecule has 0 atom stereocenters. The molecule has 0 unspecified atom stereocenters. The van der Waals surface area contributed by atoms with Crippen LogP contribution in [0.25, 0.3) is 0 Å². The summed E-state index contributed by atoms with van der Waals surface area (Å²) in [7, 11) is 0. The summed E-state index contributed by atoms with van der Waals surface area (Å²) >= 11 is 0. The van der Waals surface area contributed by atoms with E-state index in [4.69, 9.17) is 5.11 Å². The Morgan fingerprint density at radius 2 is 1.41 bits per heavy atom. The maximum absolute atomic E-state index is 12.5. The van der Waals surface area contributed by atoms with Gasteiger partial charge in [-0.3, -0.25) is 9.59 Å². The van der Waals surface area contributed by atoms with Gasteiger partial charge in [0.05, 0.1) is 12.8 Å². The second-order valence-corrected chi connectivity index (χ2v) is 5.11. The molecule has 22 heavy (non-hydrogen) atoms. The largest absolute Gasteiger partial charge is 0.481 e. The van der Waals surface area contributed by atoms with Gasteiger partial charge >= 0.3 is 5.97 Å². The summed E-state index contributed by atoms with van der Waals surface area (Å²) in [5, 5.41) is 8.86. The van der Waals surface area contributed by atoms with Crippen molar-refractivity contribution in [3.63, 3.8) is 0 Å². The van der Waals surface area contributed by atoms with Gasteiger partial charge < -0.3 is 10.0 Å². The Hall–Kier alpha value is -2.62. The number of carboxylic acids is 1. The number of carboxylic acid groups (broad SMARTS) is 1. The van der Waals surface area contributed by atoms with Crippen molar-refractivity contribution >= 4 is 11.9 Å². The first-order valence-corrected chi connectivity index (χ1v) is 7.22. The monoisotopic (exact) mass is 297 g/mol. The summed E-state index contributed by atoms with van der Waals surface area (Å²) in [6, 6.07) is 19.1. The average molecular weight is 297 g/mol. The van der Waals surface area contributed by atoms with Crippen molar-refractivity contribution in [1.29, 1.82) is 0 Å². The molecule has 2 aromatic rings. The van der Waals surface area contributed by atoms with Gasteiger partial charge in [0.15, 0.2) is 0 Å². The first-order chi connectivity index (χ1) is 10.6. The molecule has 0 fully saturated rings. The highest BCUT2D eigenvalue weighted by Gasteiger charge is 2.15. The van der Waals surface area contributed by atoms with E-state index in [2.05, 4.69) is 0 Å². The molecular weight excluding hydrogens is 278 g/mol. The van der Waals surface area contributed by atoms with Crippen LogP contribution < -0.4 is 0 Å². The first-order valence-electron chi connectivity index (χ1n) is 7.22. The van der Waals surface area contributed by atoms with Crippen molar-refractivity contribution < 1.29 is 14.7 Å². The molecule has 1 N–H and O–H groups in total. The van der Waals surface area contributed by atoms with Gasteiger partial charge in [0.25, 0.3) is 0 Å². The highest BCUT2D eigenvalue weighted by molar-refractivity contribution is 5.79. The predicted octanol–water partition coefficient (Wildman–Crippen LogP) is 2.73. The maximum Gasteiger partial charge on any atom is 0.305 e. The van der Waals surface area contributed by atoms with Crippen molar-refractivity contribution in [1.82, 2.24) is 4.90 Å². The number of hydrogen-bond acceptors (Lipinski definition) is 2. The molecule has 0 bridgehead atoms. The Bertz CT molecular complexity index is 611. The van der Waals surface area contributed by atoms with E-state index in [0.29, 0.717) is 6.54 Å². The molecule has 2 aromatic carbocycles. The molecule has 0 heterocycles. The van der Waals surface area contributed by atoms with Crippen LogP contribution in [0.4, 0.5) is 0 Å². The van der Waals surface area contributed by atoms with E-state index >= 15 is 0 Å². The molecule has 0 aliphatic heterocycles. The molecule has 4 heteroatoms. The normalized spacial score (nSPS) is 10.2. The van der Waals surface area contributed by atoms with Crippen molar-refractivity contribution in [3.05, 3.63) is 71.8 Å². The van der Waals surface area contributed by atoms with Crippen LogP contribution in [0.2, 0.25) is 0 Å². The molecule has 2 rings (SSSR count). The summed E-state index contributed by atoms with van der Waals surface area (Å²) in [4.78, 5) is 24.9. The summed E-state index contributed by atoms with van der Waals surface area (Å²) in [6.45, 7) is 0.648. The van der Waals surface area contributed by atoms with E-state index in [1.165, 1.54) is 0 Å². The molecule has 0 aliphatic carbocycles. The Balaban J connectivity index is 2.05. The summed E-state index contributed by atoms with van der Waals surface area (Å²) in [5.41, 5.74) is 1.93. The molecule has 1 amide bonds. The zero-order valence-corrected chi connectivity index (χ0v) is 12.3. The molecule has 4 nitrogen and oxygen atoms in total. The second kappa shape index (κ2) is 7.98. The second-order valence-electron chi connectivity index (χ2n) is 5.11. The standard InChI is InChI=1S/C18H19NO3/c20-17(13-15-7-3-1-4-8-15)19(12-11-18(21)22)14-16-9-5-2-6-10-16/h1-10H,11-14H2,(H,21,22). The van der Waals surface area contributed by atoms with Crippen LogP contribution in [0.15, 0.2) is 60.7 Å². The zero-order valence-electron chi connectivity index (χ0n) is 12.3. The fourth-order valence-electron chi connectivity index (χ4n) is 2.21. The van der Waals surface area contributed by atoms with Crippen LogP contribution in [-0.2, 0) is 22.6 Å². The van der Waals surface area contributed by atoms with Gasteiger partial charge in [-0.1, -0.05) is 60.7 Å². The van der Waals surface area contributed by atoms with E-state index in [1.54, 1.807) is 4.90 Å². The van der Waals surface area contributed by atoms with Gasteiger partial charge in [0.1, 0.15) is 0 Å². The number of hydrogen-bond donors (Lipinski definition) is 1. The molecule has 0 spiro atoms. The summed E-state index contributed by atoms with van der Waals surface area (Å²) < 4.78 is 0. The van der Waals surface area contributed by atoms with E-state index in [0.717, 1.165) is 11.1 Å². The van der Waals surface area contributed by atoms with Crippen molar-refractivity contribution in [2.75, 3.05) is 6.54 Å². The number of aliphatic carboxylic acids is 1. The number of nitrogens with zero attached hydrogens (tertiary/aromatic N) is 1. The SMILES string of the molecule is O=C(O)CCN(Cc1ccccc1)C(=O)Cc1ccccc1. The van der Waals surface area contributed by atoms with Crippen LogP contribution >= 0.6 is 0 Å². The van der Waals surface area contributed by atoms with Crippen molar-refractivity contribution in [2.24, 2.45) is 0 Å². The topological polar surface area (TPSA) is 57.6 Å². The van der Waals surface area contributed by atoms with Crippen molar-refractivity contribution in [3.8, 4) is 0 Å². The lowest BCUT2D eigenvalue weighted by Gasteiger charge is -2.22. The van der Waals surface area contributed by atoms with Crippen molar-refractivity contribution in [2.45, 2.75) is 19.4 Å². The van der Waals surface area contributed by atoms with E-state index in [-0.39, 0.29) is 25.3 Å². The van der Waals surface area contributed by atoms with Gasteiger partial charge in [0.2, 0.25) is 5.91 Å². The zero-order chi connectivity index (χ0) is 15.8. The van der Waals surface area contributed by atoms with Crippen LogP contribution in [0.1, 0.15) is 17.5 Å². The van der Waals surface area contributed by atoms with Crippen LogP contribution in [0, 0.1) is 0 Å². The molecule has 114 valence electrons. The number of amides is 1. The molecular formula is C18H19NO3. The molecule has 0 saturated carbocycles. The predicted molar refractivity (Wildman–Crippen MR) is 84.3 cm³/mol. The van der Waals surface area contributed by atoms with E-state index < -0.39 is 5.97 Å². The van der Waals surface area contributed by atoms with Gasteiger partial charge in [-0.15, -0.1) is 0 Å². The van der Waals surface area contributed by atoms with Gasteiger partial charge in [-0.05, 0) is 11.1 Å². The molecule has 0 radical (unpaired) electrons. The third-order valence-corrected chi connectivity index (χ3v) is 3.36. The number of carbonyl (C=O) groups excluding carboxylic acids is 1.